The number of hydrogen-bond acceptors (Lipinski definition) is 4. The van der Waals surface area contributed by atoms with E-state index in [0.717, 1.165) is 58.0 Å². The number of aliphatic hydroxyl groups is 1. The molecule has 1 fully saturated rings. The van der Waals surface area contributed by atoms with Crippen LogP contribution in [0.2, 0.25) is 0 Å². The van der Waals surface area contributed by atoms with Gasteiger partial charge in [0, 0.05) is 28.8 Å². The van der Waals surface area contributed by atoms with Gasteiger partial charge in [-0.25, -0.2) is 4.98 Å². The minimum atomic E-state index is -0.322. The highest BCUT2D eigenvalue weighted by molar-refractivity contribution is 9.10. The number of halogens is 1. The average molecular weight is 379 g/mol. The quantitative estimate of drug-likeness (QED) is 0.832. The lowest BCUT2D eigenvalue weighted by atomic mass is 10.0. The predicted octanol–water partition coefficient (Wildman–Crippen LogP) is 4.54. The number of hydrogen-bond donors (Lipinski definition) is 1. The van der Waals surface area contributed by atoms with Crippen LogP contribution in [0.15, 0.2) is 22.7 Å². The number of nitrogens with zero attached hydrogens (tertiary/aromatic N) is 2. The molecule has 0 spiro atoms. The monoisotopic (exact) mass is 378 g/mol. The molecule has 3 nitrogen and oxygen atoms in total. The molecule has 1 N–H and O–H groups in total. The Balaban J connectivity index is 1.68. The number of aryl methyl sites for hydroxylation is 1. The van der Waals surface area contributed by atoms with Crippen LogP contribution in [0.5, 0.6) is 0 Å². The van der Waals surface area contributed by atoms with Crippen molar-refractivity contribution in [1.29, 1.82) is 0 Å². The number of fused-ring (bicyclic) bond motifs is 1. The first-order valence-corrected chi connectivity index (χ1v) is 9.56. The summed E-state index contributed by atoms with van der Waals surface area (Å²) < 4.78 is 1.09. The lowest BCUT2D eigenvalue weighted by Crippen LogP contribution is -2.17. The van der Waals surface area contributed by atoms with Crippen molar-refractivity contribution in [3.63, 3.8) is 0 Å². The van der Waals surface area contributed by atoms with E-state index in [0.29, 0.717) is 0 Å². The second-order valence-electron chi connectivity index (χ2n) is 6.10. The molecule has 0 radical (unpaired) electrons. The molecule has 2 aliphatic rings. The topological polar surface area (TPSA) is 36.4 Å². The molecule has 5 heteroatoms. The summed E-state index contributed by atoms with van der Waals surface area (Å²) in [6.07, 6.45) is 5.15. The number of thiazole rings is 1. The highest BCUT2D eigenvalue weighted by Gasteiger charge is 2.24. The van der Waals surface area contributed by atoms with Crippen molar-refractivity contribution in [1.82, 2.24) is 4.98 Å². The van der Waals surface area contributed by atoms with E-state index in [1.165, 1.54) is 18.5 Å². The molecule has 0 amide bonds. The fourth-order valence-corrected chi connectivity index (χ4v) is 5.22. The first kappa shape index (κ1) is 14.7. The van der Waals surface area contributed by atoms with Crippen LogP contribution < -0.4 is 4.90 Å². The molecule has 4 rings (SSSR count). The predicted molar refractivity (Wildman–Crippen MR) is 94.6 cm³/mol. The highest BCUT2D eigenvalue weighted by Crippen LogP contribution is 2.40. The normalized spacial score (nSPS) is 21.2. The number of anilines is 1. The van der Waals surface area contributed by atoms with Crippen LogP contribution >= 0.6 is 27.3 Å². The van der Waals surface area contributed by atoms with Gasteiger partial charge >= 0.3 is 0 Å². The third-order valence-electron chi connectivity index (χ3n) is 4.58. The van der Waals surface area contributed by atoms with E-state index >= 15 is 0 Å². The van der Waals surface area contributed by atoms with E-state index in [2.05, 4.69) is 39.0 Å². The molecule has 2 aromatic rings. The molecule has 2 heterocycles. The maximum atomic E-state index is 10.1. The Hall–Kier alpha value is -0.910. The van der Waals surface area contributed by atoms with Gasteiger partial charge in [-0.3, -0.25) is 0 Å². The Labute approximate surface area is 143 Å². The second kappa shape index (κ2) is 5.95. The molecule has 1 unspecified atom stereocenters. The minimum absolute atomic E-state index is 0.322. The lowest BCUT2D eigenvalue weighted by Gasteiger charge is -2.18. The fraction of sp³-hybridized carbons (Fsp3) is 0.471. The highest BCUT2D eigenvalue weighted by atomic mass is 79.9. The van der Waals surface area contributed by atoms with Gasteiger partial charge in [0.2, 0.25) is 0 Å². The molecule has 116 valence electrons. The van der Waals surface area contributed by atoms with Gasteiger partial charge in [0.15, 0.2) is 0 Å². The zero-order chi connectivity index (χ0) is 15.1. The van der Waals surface area contributed by atoms with Crippen LogP contribution in [0.25, 0.3) is 10.6 Å². The molecule has 1 aromatic carbocycles. The molecule has 1 aliphatic carbocycles. The van der Waals surface area contributed by atoms with Crippen molar-refractivity contribution >= 4 is 33.0 Å². The Morgan fingerprint density at radius 1 is 1.23 bits per heavy atom. The summed E-state index contributed by atoms with van der Waals surface area (Å²) in [7, 11) is 0. The Kier molecular flexibility index (Phi) is 3.96. The smallest absolute Gasteiger partial charge is 0.125 e. The summed E-state index contributed by atoms with van der Waals surface area (Å²) in [5.41, 5.74) is 3.51. The van der Waals surface area contributed by atoms with Gasteiger partial charge in [-0.2, -0.15) is 0 Å². The van der Waals surface area contributed by atoms with Gasteiger partial charge in [0.05, 0.1) is 16.7 Å². The summed E-state index contributed by atoms with van der Waals surface area (Å²) in [5.74, 6) is 0. The SMILES string of the molecule is OC1CCCc2nc(-c3ccc(N4CCCC4)cc3Br)sc21. The minimum Gasteiger partial charge on any atom is -0.388 e. The van der Waals surface area contributed by atoms with Crippen molar-refractivity contribution in [3.8, 4) is 10.6 Å². The molecule has 22 heavy (non-hydrogen) atoms. The Morgan fingerprint density at radius 3 is 2.77 bits per heavy atom. The van der Waals surface area contributed by atoms with Crippen molar-refractivity contribution < 1.29 is 5.11 Å². The first-order chi connectivity index (χ1) is 10.7. The summed E-state index contributed by atoms with van der Waals surface area (Å²) in [4.78, 5) is 8.28. The molecule has 1 atom stereocenters. The van der Waals surface area contributed by atoms with Crippen molar-refractivity contribution in [2.75, 3.05) is 18.0 Å². The van der Waals surface area contributed by atoms with Crippen LogP contribution in [-0.2, 0) is 6.42 Å². The van der Waals surface area contributed by atoms with E-state index in [1.807, 2.05) is 0 Å². The van der Waals surface area contributed by atoms with Gasteiger partial charge in [-0.1, -0.05) is 0 Å². The summed E-state index contributed by atoms with van der Waals surface area (Å²) in [6.45, 7) is 2.31. The summed E-state index contributed by atoms with van der Waals surface area (Å²) >= 11 is 5.36. The molecule has 0 saturated carbocycles. The standard InChI is InChI=1S/C17H19BrN2OS/c18-13-10-11(20-8-1-2-9-20)6-7-12(13)17-19-14-4-3-5-15(21)16(14)22-17/h6-7,10,15,21H,1-5,8-9H2. The van der Waals surface area contributed by atoms with Crippen molar-refractivity contribution in [2.45, 2.75) is 38.2 Å². The Bertz CT molecular complexity index is 694. The van der Waals surface area contributed by atoms with Gasteiger partial charge < -0.3 is 10.0 Å². The number of aliphatic hydroxyl groups excluding tert-OH is 1. The molecule has 1 aliphatic heterocycles. The summed E-state index contributed by atoms with van der Waals surface area (Å²) in [5, 5.41) is 11.1. The number of rotatable bonds is 2. The van der Waals surface area contributed by atoms with Gasteiger partial charge in [0.25, 0.3) is 0 Å². The third-order valence-corrected chi connectivity index (χ3v) is 6.46. The van der Waals surface area contributed by atoms with Crippen LogP contribution in [0.1, 0.15) is 42.4 Å². The third kappa shape index (κ3) is 2.59. The summed E-state index contributed by atoms with van der Waals surface area (Å²) in [6, 6.07) is 6.56. The van der Waals surface area contributed by atoms with Crippen molar-refractivity contribution in [2.24, 2.45) is 0 Å². The maximum absolute atomic E-state index is 10.1. The van der Waals surface area contributed by atoms with E-state index in [9.17, 15) is 5.11 Å². The fourth-order valence-electron chi connectivity index (χ4n) is 3.36. The van der Waals surface area contributed by atoms with Gasteiger partial charge in [-0.05, 0) is 66.2 Å². The van der Waals surface area contributed by atoms with E-state index in [4.69, 9.17) is 4.98 Å². The maximum Gasteiger partial charge on any atom is 0.125 e. The van der Waals surface area contributed by atoms with Crippen LogP contribution in [-0.4, -0.2) is 23.2 Å². The zero-order valence-corrected chi connectivity index (χ0v) is 14.8. The molecular formula is C17H19BrN2OS. The van der Waals surface area contributed by atoms with E-state index in [1.54, 1.807) is 11.3 Å². The van der Waals surface area contributed by atoms with E-state index in [-0.39, 0.29) is 6.10 Å². The molecule has 1 saturated heterocycles. The first-order valence-electron chi connectivity index (χ1n) is 7.95. The Morgan fingerprint density at radius 2 is 2.05 bits per heavy atom. The second-order valence-corrected chi connectivity index (χ2v) is 7.98. The van der Waals surface area contributed by atoms with Gasteiger partial charge in [-0.15, -0.1) is 11.3 Å². The lowest BCUT2D eigenvalue weighted by molar-refractivity contribution is 0.160. The van der Waals surface area contributed by atoms with E-state index < -0.39 is 0 Å². The van der Waals surface area contributed by atoms with Crippen LogP contribution in [0.4, 0.5) is 5.69 Å². The van der Waals surface area contributed by atoms with Gasteiger partial charge in [0.1, 0.15) is 5.01 Å². The number of aromatic nitrogens is 1. The van der Waals surface area contributed by atoms with Crippen LogP contribution in [0.3, 0.4) is 0 Å². The molecule has 0 bridgehead atoms. The van der Waals surface area contributed by atoms with Crippen LogP contribution in [0, 0.1) is 0 Å². The zero-order valence-electron chi connectivity index (χ0n) is 12.4. The molecule has 1 aromatic heterocycles. The largest absolute Gasteiger partial charge is 0.388 e. The number of benzene rings is 1. The average Bonchev–Trinajstić information content (AvgIpc) is 3.17. The molecular weight excluding hydrogens is 360 g/mol. The van der Waals surface area contributed by atoms with Crippen molar-refractivity contribution in [3.05, 3.63) is 33.2 Å².